The minimum absolute atomic E-state index is 0.195. The SMILES string of the molecule is Cc1nn(C(C)C)c(C)c1CN1CCC2(CC1)CC(C(=O)O)N(C)C2. The van der Waals surface area contributed by atoms with Gasteiger partial charge in [-0.15, -0.1) is 0 Å². The largest absolute Gasteiger partial charge is 0.480 e. The molecule has 1 atom stereocenters. The molecule has 6 nitrogen and oxygen atoms in total. The number of likely N-dealkylation sites (N-methyl/N-ethyl adjacent to an activating group) is 1. The summed E-state index contributed by atoms with van der Waals surface area (Å²) in [7, 11) is 1.95. The van der Waals surface area contributed by atoms with Crippen molar-refractivity contribution in [3.63, 3.8) is 0 Å². The van der Waals surface area contributed by atoms with Crippen LogP contribution in [0.25, 0.3) is 0 Å². The quantitative estimate of drug-likeness (QED) is 0.906. The van der Waals surface area contributed by atoms with Crippen molar-refractivity contribution in [3.8, 4) is 0 Å². The zero-order chi connectivity index (χ0) is 18.4. The predicted octanol–water partition coefficient (Wildman–Crippen LogP) is 2.45. The van der Waals surface area contributed by atoms with Crippen molar-refractivity contribution < 1.29 is 9.90 Å². The molecular formula is C19H32N4O2. The maximum Gasteiger partial charge on any atom is 0.320 e. The Kier molecular flexibility index (Phi) is 4.95. The number of nitrogens with zero attached hydrogens (tertiary/aromatic N) is 4. The van der Waals surface area contributed by atoms with Crippen LogP contribution in [0.4, 0.5) is 0 Å². The van der Waals surface area contributed by atoms with Gasteiger partial charge in [0, 0.05) is 30.4 Å². The van der Waals surface area contributed by atoms with E-state index >= 15 is 0 Å². The van der Waals surface area contributed by atoms with Crippen LogP contribution in [0.1, 0.15) is 56.1 Å². The van der Waals surface area contributed by atoms with Gasteiger partial charge in [-0.3, -0.25) is 19.3 Å². The molecule has 2 saturated heterocycles. The van der Waals surface area contributed by atoms with E-state index in [1.807, 2.05) is 11.9 Å². The Bertz CT molecular complexity index is 644. The molecule has 0 bridgehead atoms. The zero-order valence-corrected chi connectivity index (χ0v) is 16.2. The maximum absolute atomic E-state index is 11.4. The number of hydrogen-bond donors (Lipinski definition) is 1. The van der Waals surface area contributed by atoms with Gasteiger partial charge in [0.05, 0.1) is 5.69 Å². The molecule has 3 rings (SSSR count). The van der Waals surface area contributed by atoms with E-state index in [9.17, 15) is 9.90 Å². The Morgan fingerprint density at radius 2 is 1.96 bits per heavy atom. The maximum atomic E-state index is 11.4. The number of rotatable bonds is 4. The van der Waals surface area contributed by atoms with E-state index in [1.54, 1.807) is 0 Å². The fourth-order valence-corrected chi connectivity index (χ4v) is 4.75. The smallest absolute Gasteiger partial charge is 0.320 e. The second-order valence-corrected chi connectivity index (χ2v) is 8.44. The van der Waals surface area contributed by atoms with Crippen LogP contribution in [-0.4, -0.2) is 63.4 Å². The summed E-state index contributed by atoms with van der Waals surface area (Å²) < 4.78 is 2.12. The molecular weight excluding hydrogens is 316 g/mol. The molecule has 140 valence electrons. The Morgan fingerprint density at radius 3 is 2.44 bits per heavy atom. The monoisotopic (exact) mass is 348 g/mol. The topological polar surface area (TPSA) is 61.6 Å². The Labute approximate surface area is 150 Å². The van der Waals surface area contributed by atoms with Crippen LogP contribution in [0.2, 0.25) is 0 Å². The fourth-order valence-electron chi connectivity index (χ4n) is 4.75. The normalized spacial score (nSPS) is 24.5. The lowest BCUT2D eigenvalue weighted by atomic mass is 9.76. The third kappa shape index (κ3) is 3.47. The minimum atomic E-state index is -0.672. The van der Waals surface area contributed by atoms with Crippen LogP contribution in [0.15, 0.2) is 0 Å². The highest BCUT2D eigenvalue weighted by Crippen LogP contribution is 2.43. The Morgan fingerprint density at radius 1 is 1.32 bits per heavy atom. The van der Waals surface area contributed by atoms with Crippen molar-refractivity contribution in [2.75, 3.05) is 26.7 Å². The summed E-state index contributed by atoms with van der Waals surface area (Å²) in [5.41, 5.74) is 3.97. The number of piperidine rings is 1. The van der Waals surface area contributed by atoms with Crippen molar-refractivity contribution in [2.24, 2.45) is 5.41 Å². The van der Waals surface area contributed by atoms with Gasteiger partial charge >= 0.3 is 5.97 Å². The van der Waals surface area contributed by atoms with Crippen LogP contribution < -0.4 is 0 Å². The van der Waals surface area contributed by atoms with Crippen LogP contribution in [0.3, 0.4) is 0 Å². The van der Waals surface area contributed by atoms with Crippen molar-refractivity contribution in [2.45, 2.75) is 65.6 Å². The third-order valence-corrected chi connectivity index (χ3v) is 6.29. The lowest BCUT2D eigenvalue weighted by molar-refractivity contribution is -0.141. The number of carboxylic acids is 1. The molecule has 0 aromatic carbocycles. The number of aromatic nitrogens is 2. The molecule has 2 aliphatic rings. The van der Waals surface area contributed by atoms with E-state index in [1.165, 1.54) is 11.3 Å². The van der Waals surface area contributed by atoms with Crippen LogP contribution in [-0.2, 0) is 11.3 Å². The zero-order valence-electron chi connectivity index (χ0n) is 16.2. The van der Waals surface area contributed by atoms with Crippen molar-refractivity contribution in [3.05, 3.63) is 17.0 Å². The van der Waals surface area contributed by atoms with Gasteiger partial charge in [0.1, 0.15) is 6.04 Å². The third-order valence-electron chi connectivity index (χ3n) is 6.29. The summed E-state index contributed by atoms with van der Waals surface area (Å²) in [5, 5.41) is 14.1. The molecule has 0 saturated carbocycles. The summed E-state index contributed by atoms with van der Waals surface area (Å²) in [6, 6.07) is 0.0827. The second kappa shape index (κ2) is 6.72. The molecule has 1 unspecified atom stereocenters. The van der Waals surface area contributed by atoms with E-state index in [2.05, 4.69) is 37.3 Å². The highest BCUT2D eigenvalue weighted by atomic mass is 16.4. The van der Waals surface area contributed by atoms with Gasteiger partial charge in [-0.1, -0.05) is 0 Å². The summed E-state index contributed by atoms with van der Waals surface area (Å²) in [6.45, 7) is 12.6. The van der Waals surface area contributed by atoms with E-state index in [0.29, 0.717) is 6.04 Å². The highest BCUT2D eigenvalue weighted by molar-refractivity contribution is 5.74. The van der Waals surface area contributed by atoms with E-state index in [-0.39, 0.29) is 11.5 Å². The fraction of sp³-hybridized carbons (Fsp3) is 0.789. The summed E-state index contributed by atoms with van der Waals surface area (Å²) in [5.74, 6) is -0.672. The molecule has 1 aromatic heterocycles. The van der Waals surface area contributed by atoms with Gasteiger partial charge in [0.2, 0.25) is 0 Å². The van der Waals surface area contributed by atoms with Crippen LogP contribution in [0.5, 0.6) is 0 Å². The number of likely N-dealkylation sites (tertiary alicyclic amines) is 2. The average Bonchev–Trinajstić information content (AvgIpc) is 3.01. The first-order valence-corrected chi connectivity index (χ1v) is 9.42. The van der Waals surface area contributed by atoms with Gasteiger partial charge in [-0.05, 0) is 72.5 Å². The van der Waals surface area contributed by atoms with E-state index in [0.717, 1.165) is 51.1 Å². The highest BCUT2D eigenvalue weighted by Gasteiger charge is 2.46. The molecule has 0 radical (unpaired) electrons. The standard InChI is InChI=1S/C19H32N4O2/c1-13(2)23-15(4)16(14(3)20-23)11-22-8-6-19(7-9-22)10-17(18(24)25)21(5)12-19/h13,17H,6-12H2,1-5H3,(H,24,25). The van der Waals surface area contributed by atoms with E-state index < -0.39 is 5.97 Å². The minimum Gasteiger partial charge on any atom is -0.480 e. The first-order valence-electron chi connectivity index (χ1n) is 9.42. The summed E-state index contributed by atoms with van der Waals surface area (Å²) >= 11 is 0. The molecule has 3 heterocycles. The molecule has 1 N–H and O–H groups in total. The predicted molar refractivity (Wildman–Crippen MR) is 97.7 cm³/mol. The number of hydrogen-bond acceptors (Lipinski definition) is 4. The first-order chi connectivity index (χ1) is 11.7. The molecule has 0 aliphatic carbocycles. The van der Waals surface area contributed by atoms with Gasteiger partial charge in [-0.2, -0.15) is 5.10 Å². The Hall–Kier alpha value is -1.40. The van der Waals surface area contributed by atoms with Crippen molar-refractivity contribution >= 4 is 5.97 Å². The molecule has 1 spiro atoms. The molecule has 25 heavy (non-hydrogen) atoms. The second-order valence-electron chi connectivity index (χ2n) is 8.44. The number of aryl methyl sites for hydroxylation is 1. The Balaban J connectivity index is 1.63. The lowest BCUT2D eigenvalue weighted by Crippen LogP contribution is -2.41. The molecule has 2 fully saturated rings. The van der Waals surface area contributed by atoms with E-state index in [4.69, 9.17) is 5.10 Å². The molecule has 6 heteroatoms. The van der Waals surface area contributed by atoms with Gasteiger partial charge < -0.3 is 5.11 Å². The van der Waals surface area contributed by atoms with Crippen molar-refractivity contribution in [1.82, 2.24) is 19.6 Å². The number of carbonyl (C=O) groups is 1. The van der Waals surface area contributed by atoms with Gasteiger partial charge in [0.25, 0.3) is 0 Å². The van der Waals surface area contributed by atoms with Crippen molar-refractivity contribution in [1.29, 1.82) is 0 Å². The lowest BCUT2D eigenvalue weighted by Gasteiger charge is -2.39. The first kappa shape index (κ1) is 18.4. The van der Waals surface area contributed by atoms with Gasteiger partial charge in [0.15, 0.2) is 0 Å². The summed E-state index contributed by atoms with van der Waals surface area (Å²) in [4.78, 5) is 16.0. The number of aliphatic carboxylic acids is 1. The molecule has 2 aliphatic heterocycles. The van der Waals surface area contributed by atoms with Gasteiger partial charge in [-0.25, -0.2) is 0 Å². The number of carboxylic acid groups (broad SMARTS) is 1. The molecule has 0 amide bonds. The molecule has 1 aromatic rings. The van der Waals surface area contributed by atoms with Crippen LogP contribution in [0, 0.1) is 19.3 Å². The summed E-state index contributed by atoms with van der Waals surface area (Å²) in [6.07, 6.45) is 2.99. The van der Waals surface area contributed by atoms with Crippen LogP contribution >= 0.6 is 0 Å². The average molecular weight is 348 g/mol.